The number of nitrogens with one attached hydrogen (secondary N) is 1. The van der Waals surface area contributed by atoms with E-state index in [0.717, 1.165) is 45.4 Å². The van der Waals surface area contributed by atoms with Gasteiger partial charge in [0.15, 0.2) is 0 Å². The summed E-state index contributed by atoms with van der Waals surface area (Å²) < 4.78 is 0. The number of hydrogen-bond acceptors (Lipinski definition) is 4. The van der Waals surface area contributed by atoms with Gasteiger partial charge in [-0.1, -0.05) is 6.42 Å². The van der Waals surface area contributed by atoms with E-state index in [2.05, 4.69) is 36.0 Å². The predicted molar refractivity (Wildman–Crippen MR) is 86.1 cm³/mol. The molecule has 2 rings (SSSR count). The molecule has 0 aromatic carbocycles. The summed E-state index contributed by atoms with van der Waals surface area (Å²) in [5.41, 5.74) is 5.75. The number of rotatable bonds is 4. The van der Waals surface area contributed by atoms with Crippen LogP contribution in [0.15, 0.2) is 0 Å². The number of likely N-dealkylation sites (N-methyl/N-ethyl adjacent to an activating group) is 1. The van der Waals surface area contributed by atoms with Crippen LogP contribution >= 0.6 is 0 Å². The zero-order valence-electron chi connectivity index (χ0n) is 14.1. The average molecular weight is 296 g/mol. The van der Waals surface area contributed by atoms with Gasteiger partial charge in [-0.3, -0.25) is 9.69 Å². The Kier molecular flexibility index (Phi) is 4.96. The molecule has 0 aromatic heterocycles. The monoisotopic (exact) mass is 296 g/mol. The predicted octanol–water partition coefficient (Wildman–Crippen LogP) is 0.646. The van der Waals surface area contributed by atoms with Crippen molar-refractivity contribution in [1.82, 2.24) is 15.1 Å². The van der Waals surface area contributed by atoms with Crippen molar-refractivity contribution < 1.29 is 4.79 Å². The first kappa shape index (κ1) is 16.7. The van der Waals surface area contributed by atoms with E-state index in [4.69, 9.17) is 5.73 Å². The molecule has 21 heavy (non-hydrogen) atoms. The van der Waals surface area contributed by atoms with Crippen molar-refractivity contribution >= 4 is 5.91 Å². The zero-order chi connectivity index (χ0) is 15.7. The van der Waals surface area contributed by atoms with Gasteiger partial charge in [0, 0.05) is 44.3 Å². The second kappa shape index (κ2) is 6.23. The molecule has 1 aliphatic heterocycles. The van der Waals surface area contributed by atoms with Crippen LogP contribution in [0.5, 0.6) is 0 Å². The van der Waals surface area contributed by atoms with Crippen molar-refractivity contribution in [2.24, 2.45) is 11.1 Å². The zero-order valence-corrected chi connectivity index (χ0v) is 14.1. The highest BCUT2D eigenvalue weighted by Crippen LogP contribution is 2.36. The molecule has 1 heterocycles. The van der Waals surface area contributed by atoms with Crippen LogP contribution in [0.4, 0.5) is 0 Å². The third-order valence-corrected chi connectivity index (χ3v) is 5.59. The Hall–Kier alpha value is -0.650. The first-order valence-corrected chi connectivity index (χ1v) is 8.23. The van der Waals surface area contributed by atoms with E-state index < -0.39 is 0 Å². The average Bonchev–Trinajstić information content (AvgIpc) is 2.78. The fourth-order valence-corrected chi connectivity index (χ4v) is 3.50. The Morgan fingerprint density at radius 1 is 1.33 bits per heavy atom. The lowest BCUT2D eigenvalue weighted by Crippen LogP contribution is -2.59. The van der Waals surface area contributed by atoms with Crippen molar-refractivity contribution in [1.29, 1.82) is 0 Å². The molecule has 122 valence electrons. The first-order chi connectivity index (χ1) is 9.75. The van der Waals surface area contributed by atoms with Gasteiger partial charge in [-0.15, -0.1) is 0 Å². The minimum atomic E-state index is -0.377. The van der Waals surface area contributed by atoms with Gasteiger partial charge in [0.2, 0.25) is 5.91 Å². The van der Waals surface area contributed by atoms with E-state index in [1.807, 2.05) is 6.92 Å². The Bertz CT molecular complexity index is 376. The van der Waals surface area contributed by atoms with Crippen LogP contribution in [0, 0.1) is 5.41 Å². The third-order valence-electron chi connectivity index (χ3n) is 5.59. The van der Waals surface area contributed by atoms with Crippen molar-refractivity contribution in [2.75, 3.05) is 39.8 Å². The fourth-order valence-electron chi connectivity index (χ4n) is 3.50. The normalized spacial score (nSPS) is 32.3. The Morgan fingerprint density at radius 3 is 2.48 bits per heavy atom. The number of nitrogens with two attached hydrogens (primary N) is 1. The largest absolute Gasteiger partial charge is 0.354 e. The molecule has 0 spiro atoms. The second-order valence-corrected chi connectivity index (χ2v) is 7.70. The third kappa shape index (κ3) is 3.58. The molecule has 5 heteroatoms. The van der Waals surface area contributed by atoms with Crippen LogP contribution in [-0.2, 0) is 4.79 Å². The molecule has 1 aliphatic carbocycles. The fraction of sp³-hybridized carbons (Fsp3) is 0.938. The van der Waals surface area contributed by atoms with Gasteiger partial charge in [0.25, 0.3) is 0 Å². The summed E-state index contributed by atoms with van der Waals surface area (Å²) in [6.45, 7) is 11.5. The van der Waals surface area contributed by atoms with Crippen LogP contribution in [0.1, 0.15) is 40.0 Å². The van der Waals surface area contributed by atoms with Gasteiger partial charge in [0.05, 0.1) is 5.41 Å². The molecule has 1 saturated heterocycles. The molecule has 2 fully saturated rings. The summed E-state index contributed by atoms with van der Waals surface area (Å²) in [5.74, 6) is 0.134. The molecule has 0 radical (unpaired) electrons. The molecule has 2 aliphatic rings. The number of nitrogens with zero attached hydrogens (tertiary/aromatic N) is 2. The lowest BCUT2D eigenvalue weighted by Gasteiger charge is -2.43. The van der Waals surface area contributed by atoms with Gasteiger partial charge in [-0.25, -0.2) is 0 Å². The lowest BCUT2D eigenvalue weighted by atomic mass is 9.84. The standard InChI is InChI=1S/C16H32N4O/c1-15(2,20-10-8-19(4)9-11-20)12-18-14(21)16(3)7-5-6-13(16)17/h13H,5-12,17H2,1-4H3,(H,18,21). The molecule has 0 bridgehead atoms. The molecule has 2 atom stereocenters. The lowest BCUT2D eigenvalue weighted by molar-refractivity contribution is -0.131. The van der Waals surface area contributed by atoms with Crippen LogP contribution < -0.4 is 11.1 Å². The van der Waals surface area contributed by atoms with E-state index in [0.29, 0.717) is 6.54 Å². The Labute approximate surface area is 129 Å². The quantitative estimate of drug-likeness (QED) is 0.799. The van der Waals surface area contributed by atoms with E-state index >= 15 is 0 Å². The summed E-state index contributed by atoms with van der Waals surface area (Å²) in [5, 5.41) is 3.17. The van der Waals surface area contributed by atoms with Gasteiger partial charge in [-0.05, 0) is 40.7 Å². The Balaban J connectivity index is 1.88. The molecule has 5 nitrogen and oxygen atoms in total. The topological polar surface area (TPSA) is 61.6 Å². The molecule has 0 aromatic rings. The summed E-state index contributed by atoms with van der Waals surface area (Å²) in [6.07, 6.45) is 2.94. The summed E-state index contributed by atoms with van der Waals surface area (Å²) >= 11 is 0. The van der Waals surface area contributed by atoms with Gasteiger partial charge < -0.3 is 16.0 Å². The summed E-state index contributed by atoms with van der Waals surface area (Å²) in [4.78, 5) is 17.4. The highest BCUT2D eigenvalue weighted by Gasteiger charge is 2.43. The first-order valence-electron chi connectivity index (χ1n) is 8.23. The van der Waals surface area contributed by atoms with E-state index in [9.17, 15) is 4.79 Å². The summed E-state index contributed by atoms with van der Waals surface area (Å²) in [7, 11) is 2.16. The maximum atomic E-state index is 12.5. The molecule has 2 unspecified atom stereocenters. The van der Waals surface area contributed by atoms with Crippen molar-refractivity contribution in [2.45, 2.75) is 51.6 Å². The van der Waals surface area contributed by atoms with Gasteiger partial charge in [0.1, 0.15) is 0 Å². The van der Waals surface area contributed by atoms with Crippen LogP contribution in [0.2, 0.25) is 0 Å². The van der Waals surface area contributed by atoms with E-state index in [1.165, 1.54) is 0 Å². The van der Waals surface area contributed by atoms with Crippen molar-refractivity contribution in [3.8, 4) is 0 Å². The molecule has 3 N–H and O–H groups in total. The number of carbonyl (C=O) groups is 1. The molecular formula is C16H32N4O. The highest BCUT2D eigenvalue weighted by molar-refractivity contribution is 5.83. The van der Waals surface area contributed by atoms with Crippen LogP contribution in [0.25, 0.3) is 0 Å². The van der Waals surface area contributed by atoms with E-state index in [-0.39, 0.29) is 22.9 Å². The number of carbonyl (C=O) groups excluding carboxylic acids is 1. The van der Waals surface area contributed by atoms with E-state index in [1.54, 1.807) is 0 Å². The maximum Gasteiger partial charge on any atom is 0.227 e. The van der Waals surface area contributed by atoms with Crippen LogP contribution in [-0.4, -0.2) is 67.1 Å². The maximum absolute atomic E-state index is 12.5. The van der Waals surface area contributed by atoms with Gasteiger partial charge >= 0.3 is 0 Å². The van der Waals surface area contributed by atoms with Crippen molar-refractivity contribution in [3.63, 3.8) is 0 Å². The Morgan fingerprint density at radius 2 is 1.95 bits per heavy atom. The molecule has 1 saturated carbocycles. The second-order valence-electron chi connectivity index (χ2n) is 7.70. The molecule has 1 amide bonds. The smallest absolute Gasteiger partial charge is 0.227 e. The number of hydrogen-bond donors (Lipinski definition) is 2. The minimum Gasteiger partial charge on any atom is -0.354 e. The van der Waals surface area contributed by atoms with Gasteiger partial charge in [-0.2, -0.15) is 0 Å². The number of amides is 1. The number of piperazine rings is 1. The minimum absolute atomic E-state index is 0.00393. The van der Waals surface area contributed by atoms with Crippen LogP contribution in [0.3, 0.4) is 0 Å². The SMILES string of the molecule is CN1CCN(C(C)(C)CNC(=O)C2(C)CCCC2N)CC1. The molecular weight excluding hydrogens is 264 g/mol. The van der Waals surface area contributed by atoms with Crippen molar-refractivity contribution in [3.05, 3.63) is 0 Å². The highest BCUT2D eigenvalue weighted by atomic mass is 16.2. The summed E-state index contributed by atoms with van der Waals surface area (Å²) in [6, 6.07) is 0.00393.